The number of aliphatic hydroxyl groups is 2. The Labute approximate surface area is 168 Å². The molecule has 4 aliphatic rings. The number of hydrogen-bond donors (Lipinski definition) is 3. The van der Waals surface area contributed by atoms with Gasteiger partial charge in [0.1, 0.15) is 18.7 Å². The number of nitrogens with one attached hydrogen (secondary N) is 1. The van der Waals surface area contributed by atoms with E-state index in [2.05, 4.69) is 34.9 Å². The van der Waals surface area contributed by atoms with E-state index in [1.54, 1.807) is 34.9 Å². The van der Waals surface area contributed by atoms with Crippen LogP contribution in [0.4, 0.5) is 5.95 Å². The minimum atomic E-state index is -0.730. The molecule has 0 spiro atoms. The molecule has 1 fully saturated rings. The summed E-state index contributed by atoms with van der Waals surface area (Å²) in [7, 11) is 1.75. The molecule has 3 atom stereocenters. The molecule has 0 aliphatic carbocycles. The molecule has 0 radical (unpaired) electrons. The molecule has 5 heterocycles. The van der Waals surface area contributed by atoms with Crippen molar-refractivity contribution in [2.24, 2.45) is 9.98 Å². The number of aromatic amines is 1. The average Bonchev–Trinajstić information content (AvgIpc) is 3.42. The van der Waals surface area contributed by atoms with Gasteiger partial charge >= 0.3 is 11.9 Å². The van der Waals surface area contributed by atoms with Crippen LogP contribution in [0.1, 0.15) is 12.6 Å². The van der Waals surface area contributed by atoms with Crippen LogP contribution in [-0.4, -0.2) is 76.1 Å². The molecule has 0 aromatic carbocycles. The lowest BCUT2D eigenvalue weighted by molar-refractivity contribution is -0.415. The van der Waals surface area contributed by atoms with Crippen molar-refractivity contribution < 1.29 is 19.5 Å². The highest BCUT2D eigenvalue weighted by Crippen LogP contribution is 2.30. The van der Waals surface area contributed by atoms with E-state index in [0.717, 1.165) is 0 Å². The standard InChI is InChI=1S/C16H15N9O3S/c1-24(14-19-7-3-17-16(29)23-13(7)22-14)15-20-8-4-25(6-18-12(8)21-15)11-2-9(27)10(5-26)28-11/h3-4,6,9-11,26-27H,2,5H2,1H3/p+1/t9-,10+,11?/m0/s1. The van der Waals surface area contributed by atoms with Crippen LogP contribution in [0.5, 0.6) is 0 Å². The summed E-state index contributed by atoms with van der Waals surface area (Å²) < 4.78 is 9.33. The number of aliphatic hydroxyl groups excluding tert-OH is 2. The molecule has 4 aliphatic heterocycles. The first-order valence-corrected chi connectivity index (χ1v) is 9.22. The number of H-pyrrole nitrogens is 1. The second kappa shape index (κ2) is 6.81. The molecule has 1 aromatic rings. The van der Waals surface area contributed by atoms with Gasteiger partial charge in [-0.15, -0.1) is 20.0 Å². The van der Waals surface area contributed by atoms with E-state index in [-0.39, 0.29) is 6.61 Å². The summed E-state index contributed by atoms with van der Waals surface area (Å²) in [5.41, 5.74) is 1.09. The largest absolute Gasteiger partial charge is 0.394 e. The summed E-state index contributed by atoms with van der Waals surface area (Å²) in [4.78, 5) is 28.9. The molecule has 5 rings (SSSR count). The Morgan fingerprint density at radius 3 is 3.00 bits per heavy atom. The average molecular weight is 414 g/mol. The third-order valence-corrected chi connectivity index (χ3v) is 4.97. The number of aromatic nitrogens is 6. The van der Waals surface area contributed by atoms with Crippen molar-refractivity contribution >= 4 is 24.1 Å². The summed E-state index contributed by atoms with van der Waals surface area (Å²) in [6.07, 6.45) is 3.45. The molecular weight excluding hydrogens is 398 g/mol. The van der Waals surface area contributed by atoms with Gasteiger partial charge in [0.2, 0.25) is 11.3 Å². The lowest BCUT2D eigenvalue weighted by atomic mass is 10.2. The van der Waals surface area contributed by atoms with Gasteiger partial charge in [0.25, 0.3) is 0 Å². The lowest BCUT2D eigenvalue weighted by Gasteiger charge is -2.14. The predicted octanol–water partition coefficient (Wildman–Crippen LogP) is -1.55. The Kier molecular flexibility index (Phi) is 4.24. The normalized spacial score (nSPS) is 25.0. The first-order chi connectivity index (χ1) is 14.0. The fraction of sp³-hybridized carbons (Fsp3) is 0.375. The summed E-state index contributed by atoms with van der Waals surface area (Å²) >= 11 is 5.01. The van der Waals surface area contributed by atoms with Gasteiger partial charge in [0.05, 0.1) is 18.9 Å². The maximum absolute atomic E-state index is 9.93. The van der Waals surface area contributed by atoms with Crippen molar-refractivity contribution in [2.45, 2.75) is 24.9 Å². The number of rotatable bonds is 3. The number of hydrogen-bond acceptors (Lipinski definition) is 8. The SMILES string of the molecule is C[N+](=C1N=c2cnc(=S)[nH]c2=N1)c1nc2cn(C3C[C@H](O)[C@@H](CO)O3)cnc-2n1. The zero-order valence-electron chi connectivity index (χ0n) is 15.2. The van der Waals surface area contributed by atoms with E-state index < -0.39 is 18.4 Å². The highest BCUT2D eigenvalue weighted by Gasteiger charge is 2.35. The van der Waals surface area contributed by atoms with Crippen LogP contribution in [0.3, 0.4) is 0 Å². The van der Waals surface area contributed by atoms with Crippen LogP contribution in [0, 0.1) is 4.77 Å². The monoisotopic (exact) mass is 414 g/mol. The number of ether oxygens (including phenoxy) is 1. The Bertz CT molecular complexity index is 1280. The Morgan fingerprint density at radius 1 is 1.34 bits per heavy atom. The highest BCUT2D eigenvalue weighted by atomic mass is 32.1. The maximum Gasteiger partial charge on any atom is 0.359 e. The summed E-state index contributed by atoms with van der Waals surface area (Å²) in [6.45, 7) is -0.243. The Balaban J connectivity index is 1.50. The van der Waals surface area contributed by atoms with Crippen LogP contribution in [0.25, 0.3) is 11.5 Å². The number of imidazole rings is 1. The van der Waals surface area contributed by atoms with Crippen molar-refractivity contribution in [3.63, 3.8) is 0 Å². The number of fused-ring (bicyclic) bond motifs is 2. The van der Waals surface area contributed by atoms with E-state index in [1.807, 2.05) is 0 Å². The van der Waals surface area contributed by atoms with E-state index in [0.29, 0.717) is 45.5 Å². The fourth-order valence-corrected chi connectivity index (χ4v) is 3.35. The number of guanidine groups is 1. The Hall–Kier alpha value is -3.00. The van der Waals surface area contributed by atoms with Gasteiger partial charge in [-0.25, -0.2) is 14.5 Å². The molecule has 29 heavy (non-hydrogen) atoms. The van der Waals surface area contributed by atoms with E-state index in [1.165, 1.54) is 0 Å². The summed E-state index contributed by atoms with van der Waals surface area (Å²) in [6, 6.07) is 0. The molecule has 0 saturated carbocycles. The van der Waals surface area contributed by atoms with Crippen LogP contribution in [-0.2, 0) is 4.74 Å². The van der Waals surface area contributed by atoms with Gasteiger partial charge < -0.3 is 24.5 Å². The van der Waals surface area contributed by atoms with Gasteiger partial charge in [0, 0.05) is 19.7 Å². The van der Waals surface area contributed by atoms with Crippen LogP contribution in [0.2, 0.25) is 0 Å². The fourth-order valence-electron chi connectivity index (χ4n) is 3.20. The van der Waals surface area contributed by atoms with Crippen LogP contribution >= 0.6 is 12.2 Å². The first kappa shape index (κ1) is 18.1. The lowest BCUT2D eigenvalue weighted by Crippen LogP contribution is -2.26. The zero-order valence-corrected chi connectivity index (χ0v) is 16.0. The van der Waals surface area contributed by atoms with Gasteiger partial charge in [-0.3, -0.25) is 0 Å². The third-order valence-electron chi connectivity index (χ3n) is 4.76. The summed E-state index contributed by atoms with van der Waals surface area (Å²) in [5.74, 6) is 1.24. The highest BCUT2D eigenvalue weighted by molar-refractivity contribution is 7.71. The second-order valence-corrected chi connectivity index (χ2v) is 7.06. The van der Waals surface area contributed by atoms with Gasteiger partial charge in [-0.1, -0.05) is 0 Å². The van der Waals surface area contributed by atoms with Crippen molar-refractivity contribution in [2.75, 3.05) is 13.7 Å². The maximum atomic E-state index is 9.93. The van der Waals surface area contributed by atoms with Gasteiger partial charge in [-0.05, 0) is 12.2 Å². The molecule has 13 heteroatoms. The topological polar surface area (TPSA) is 150 Å². The molecule has 1 unspecified atom stereocenters. The first-order valence-electron chi connectivity index (χ1n) is 8.81. The predicted molar refractivity (Wildman–Crippen MR) is 98.6 cm³/mol. The molecule has 0 amide bonds. The van der Waals surface area contributed by atoms with Crippen molar-refractivity contribution in [1.82, 2.24) is 29.5 Å². The quantitative estimate of drug-likeness (QED) is 0.345. The van der Waals surface area contributed by atoms with Crippen molar-refractivity contribution in [3.8, 4) is 11.5 Å². The molecular formula is C16H16N9O3S+. The van der Waals surface area contributed by atoms with Crippen LogP contribution < -0.4 is 10.8 Å². The summed E-state index contributed by atoms with van der Waals surface area (Å²) in [5, 5.41) is 19.8. The minimum Gasteiger partial charge on any atom is -0.394 e. The molecule has 1 aromatic heterocycles. The van der Waals surface area contributed by atoms with E-state index in [4.69, 9.17) is 17.0 Å². The van der Waals surface area contributed by atoms with Crippen LogP contribution in [0.15, 0.2) is 28.7 Å². The van der Waals surface area contributed by atoms with Gasteiger partial charge in [0.15, 0.2) is 15.8 Å². The van der Waals surface area contributed by atoms with E-state index in [9.17, 15) is 10.2 Å². The zero-order chi connectivity index (χ0) is 20.1. The molecule has 12 nitrogen and oxygen atoms in total. The van der Waals surface area contributed by atoms with E-state index >= 15 is 0 Å². The molecule has 0 bridgehead atoms. The molecule has 3 N–H and O–H groups in total. The smallest absolute Gasteiger partial charge is 0.359 e. The van der Waals surface area contributed by atoms with Crippen molar-refractivity contribution in [1.29, 1.82) is 0 Å². The molecule has 1 saturated heterocycles. The van der Waals surface area contributed by atoms with Gasteiger partial charge in [-0.2, -0.15) is 0 Å². The molecule has 148 valence electrons. The third kappa shape index (κ3) is 3.13. The second-order valence-electron chi connectivity index (χ2n) is 6.67. The number of nitrogens with zero attached hydrogens (tertiary/aromatic N) is 8. The van der Waals surface area contributed by atoms with Crippen molar-refractivity contribution in [3.05, 3.63) is 34.3 Å². The Morgan fingerprint density at radius 2 is 2.21 bits per heavy atom. The minimum absolute atomic E-state index is 0.243.